The highest BCUT2D eigenvalue weighted by Gasteiger charge is 2.32. The van der Waals surface area contributed by atoms with Gasteiger partial charge in [0.1, 0.15) is 0 Å². The van der Waals surface area contributed by atoms with Crippen LogP contribution in [0.15, 0.2) is 41.4 Å². The monoisotopic (exact) mass is 287 g/mol. The molecule has 4 rings (SSSR count). The highest BCUT2D eigenvalue weighted by molar-refractivity contribution is 6.45. The van der Waals surface area contributed by atoms with E-state index in [9.17, 15) is 0 Å². The molecule has 0 amide bonds. The summed E-state index contributed by atoms with van der Waals surface area (Å²) in [7, 11) is 0. The molecule has 0 fully saturated rings. The molecule has 2 aromatic rings. The number of benzene rings is 2. The maximum atomic E-state index is 4.93. The van der Waals surface area contributed by atoms with E-state index in [2.05, 4.69) is 71.0 Å². The highest BCUT2D eigenvalue weighted by Crippen LogP contribution is 2.47. The summed E-state index contributed by atoms with van der Waals surface area (Å²) in [5.41, 5.74) is 11.7. The van der Waals surface area contributed by atoms with Crippen molar-refractivity contribution in [3.63, 3.8) is 0 Å². The van der Waals surface area contributed by atoms with Crippen LogP contribution in [0.2, 0.25) is 0 Å². The van der Waals surface area contributed by atoms with Crippen molar-refractivity contribution in [1.82, 2.24) is 0 Å². The molecule has 2 aliphatic rings. The van der Waals surface area contributed by atoms with Gasteiger partial charge >= 0.3 is 0 Å². The lowest BCUT2D eigenvalue weighted by molar-refractivity contribution is 0.590. The van der Waals surface area contributed by atoms with Gasteiger partial charge in [-0.15, -0.1) is 0 Å². The Bertz CT molecular complexity index is 873. The lowest BCUT2D eigenvalue weighted by Gasteiger charge is -2.20. The largest absolute Gasteiger partial charge is 0.247 e. The molecule has 0 aromatic heterocycles. The molecule has 0 radical (unpaired) electrons. The van der Waals surface area contributed by atoms with Crippen LogP contribution in [0.4, 0.5) is 5.69 Å². The Labute approximate surface area is 132 Å². The van der Waals surface area contributed by atoms with Gasteiger partial charge in [-0.1, -0.05) is 44.5 Å². The zero-order chi connectivity index (χ0) is 15.6. The fourth-order valence-electron chi connectivity index (χ4n) is 3.49. The van der Waals surface area contributed by atoms with E-state index in [1.165, 1.54) is 44.7 Å². The van der Waals surface area contributed by atoms with Crippen molar-refractivity contribution in [3.05, 3.63) is 64.2 Å². The molecule has 0 atom stereocenters. The van der Waals surface area contributed by atoms with Crippen LogP contribution < -0.4 is 0 Å². The molecule has 0 unspecified atom stereocenters. The first kappa shape index (κ1) is 13.5. The van der Waals surface area contributed by atoms with Crippen molar-refractivity contribution >= 4 is 22.5 Å². The number of aryl methyl sites for hydroxylation is 1. The second kappa shape index (κ2) is 4.19. The van der Waals surface area contributed by atoms with E-state index in [0.717, 1.165) is 5.69 Å². The summed E-state index contributed by atoms with van der Waals surface area (Å²) in [4.78, 5) is 4.93. The van der Waals surface area contributed by atoms with Crippen LogP contribution in [0.25, 0.3) is 11.1 Å². The predicted octanol–water partition coefficient (Wildman–Crippen LogP) is 5.67. The van der Waals surface area contributed by atoms with Crippen molar-refractivity contribution in [1.29, 1.82) is 0 Å². The van der Waals surface area contributed by atoms with Crippen molar-refractivity contribution in [2.45, 2.75) is 40.0 Å². The molecule has 22 heavy (non-hydrogen) atoms. The lowest BCUT2D eigenvalue weighted by Crippen LogP contribution is -2.12. The summed E-state index contributed by atoms with van der Waals surface area (Å²) in [6.45, 7) is 11.2. The Hall–Kier alpha value is -2.15. The Kier molecular flexibility index (Phi) is 2.57. The van der Waals surface area contributed by atoms with Crippen LogP contribution in [0.3, 0.4) is 0 Å². The smallest absolute Gasteiger partial charge is 0.0797 e. The van der Waals surface area contributed by atoms with Crippen molar-refractivity contribution in [3.8, 4) is 0 Å². The van der Waals surface area contributed by atoms with Gasteiger partial charge in [-0.2, -0.15) is 0 Å². The average molecular weight is 287 g/mol. The van der Waals surface area contributed by atoms with Gasteiger partial charge in [0.15, 0.2) is 0 Å². The standard InChI is InChI=1S/C21H21N/c1-12-6-9-18-17(10-12)19-13(2)15-8-7-14(21(3,4)5)11-16(15)20(19)22-18/h6-11H,1-5H3. The van der Waals surface area contributed by atoms with Crippen molar-refractivity contribution in [2.75, 3.05) is 0 Å². The van der Waals surface area contributed by atoms with E-state index in [4.69, 9.17) is 4.99 Å². The molecule has 1 heterocycles. The Morgan fingerprint density at radius 3 is 2.32 bits per heavy atom. The first-order valence-electron chi connectivity index (χ1n) is 7.92. The highest BCUT2D eigenvalue weighted by atomic mass is 14.8. The normalized spacial score (nSPS) is 15.6. The van der Waals surface area contributed by atoms with Crippen LogP contribution in [0.5, 0.6) is 0 Å². The number of nitrogens with zero attached hydrogens (tertiary/aromatic N) is 1. The van der Waals surface area contributed by atoms with Gasteiger partial charge in [0.25, 0.3) is 0 Å². The van der Waals surface area contributed by atoms with E-state index >= 15 is 0 Å². The van der Waals surface area contributed by atoms with Gasteiger partial charge in [0.05, 0.1) is 11.4 Å². The zero-order valence-corrected chi connectivity index (χ0v) is 13.9. The van der Waals surface area contributed by atoms with Crippen LogP contribution in [0, 0.1) is 6.92 Å². The minimum Gasteiger partial charge on any atom is -0.247 e. The molecule has 1 aliphatic heterocycles. The molecule has 0 saturated heterocycles. The molecule has 0 saturated carbocycles. The fraction of sp³-hybridized carbons (Fsp3) is 0.286. The minimum atomic E-state index is 0.161. The second-order valence-electron chi connectivity index (χ2n) is 7.49. The first-order chi connectivity index (χ1) is 10.4. The van der Waals surface area contributed by atoms with Gasteiger partial charge in [0.2, 0.25) is 0 Å². The minimum absolute atomic E-state index is 0.161. The molecule has 0 N–H and O–H groups in total. The van der Waals surface area contributed by atoms with Gasteiger partial charge < -0.3 is 0 Å². The van der Waals surface area contributed by atoms with Gasteiger partial charge in [-0.25, -0.2) is 4.99 Å². The van der Waals surface area contributed by atoms with Crippen molar-refractivity contribution in [2.24, 2.45) is 4.99 Å². The Morgan fingerprint density at radius 2 is 1.59 bits per heavy atom. The van der Waals surface area contributed by atoms with E-state index < -0.39 is 0 Å². The molecule has 2 aromatic carbocycles. The number of hydrogen-bond acceptors (Lipinski definition) is 1. The maximum absolute atomic E-state index is 4.93. The molecule has 0 bridgehead atoms. The first-order valence-corrected chi connectivity index (χ1v) is 7.92. The molecule has 110 valence electrons. The molecule has 1 nitrogen and oxygen atoms in total. The van der Waals surface area contributed by atoms with Crippen LogP contribution >= 0.6 is 0 Å². The average Bonchev–Trinajstić information content (AvgIpc) is 2.94. The molecule has 0 spiro atoms. The number of hydrogen-bond donors (Lipinski definition) is 0. The van der Waals surface area contributed by atoms with Crippen LogP contribution in [-0.4, -0.2) is 5.71 Å². The second-order valence-corrected chi connectivity index (χ2v) is 7.49. The quantitative estimate of drug-likeness (QED) is 0.592. The number of allylic oxidation sites excluding steroid dienone is 2. The number of fused-ring (bicyclic) bond motifs is 5. The van der Waals surface area contributed by atoms with Crippen molar-refractivity contribution < 1.29 is 0 Å². The third-order valence-electron chi connectivity index (χ3n) is 4.81. The van der Waals surface area contributed by atoms with Crippen LogP contribution in [0.1, 0.15) is 55.5 Å². The maximum Gasteiger partial charge on any atom is 0.0797 e. The zero-order valence-electron chi connectivity index (χ0n) is 13.9. The van der Waals surface area contributed by atoms with E-state index in [1.54, 1.807) is 0 Å². The SMILES string of the molecule is CC1=C2C(=Nc3ccc(C)cc32)c2cc(C(C)(C)C)ccc21. The van der Waals surface area contributed by atoms with E-state index in [0.29, 0.717) is 0 Å². The van der Waals surface area contributed by atoms with Gasteiger partial charge in [0, 0.05) is 16.7 Å². The lowest BCUT2D eigenvalue weighted by atomic mass is 9.85. The third-order valence-corrected chi connectivity index (χ3v) is 4.81. The number of aliphatic imine (C=N–C) groups is 1. The molecule has 1 aliphatic carbocycles. The Morgan fingerprint density at radius 1 is 0.818 bits per heavy atom. The fourth-order valence-corrected chi connectivity index (χ4v) is 3.49. The molecular formula is C21H21N. The summed E-state index contributed by atoms with van der Waals surface area (Å²) < 4.78 is 0. The van der Waals surface area contributed by atoms with Gasteiger partial charge in [-0.3, -0.25) is 0 Å². The van der Waals surface area contributed by atoms with E-state index in [-0.39, 0.29) is 5.41 Å². The summed E-state index contributed by atoms with van der Waals surface area (Å²) in [5, 5.41) is 0. The molecule has 1 heteroatoms. The topological polar surface area (TPSA) is 12.4 Å². The van der Waals surface area contributed by atoms with E-state index in [1.807, 2.05) is 0 Å². The van der Waals surface area contributed by atoms with Crippen LogP contribution in [-0.2, 0) is 5.41 Å². The third kappa shape index (κ3) is 1.75. The predicted molar refractivity (Wildman–Crippen MR) is 95.0 cm³/mol. The number of rotatable bonds is 0. The summed E-state index contributed by atoms with van der Waals surface area (Å²) in [5.74, 6) is 0. The molecular weight excluding hydrogens is 266 g/mol. The summed E-state index contributed by atoms with van der Waals surface area (Å²) in [6, 6.07) is 13.4. The Balaban J connectivity index is 1.94. The van der Waals surface area contributed by atoms with Gasteiger partial charge in [-0.05, 0) is 54.2 Å². The summed E-state index contributed by atoms with van der Waals surface area (Å²) >= 11 is 0. The summed E-state index contributed by atoms with van der Waals surface area (Å²) in [6.07, 6.45) is 0.